The van der Waals surface area contributed by atoms with Gasteiger partial charge < -0.3 is 19.9 Å². The Morgan fingerprint density at radius 2 is 2.33 bits per heavy atom. The topological polar surface area (TPSA) is 133 Å². The third-order valence-corrected chi connectivity index (χ3v) is 4.07. The second-order valence-corrected chi connectivity index (χ2v) is 6.05. The van der Waals surface area contributed by atoms with Crippen LogP contribution < -0.4 is 10.6 Å². The van der Waals surface area contributed by atoms with Gasteiger partial charge in [0, 0.05) is 12.3 Å². The number of benzene rings is 1. The minimum absolute atomic E-state index is 0.141. The van der Waals surface area contributed by atoms with Crippen molar-refractivity contribution < 1.29 is 14.1 Å². The van der Waals surface area contributed by atoms with Gasteiger partial charge in [-0.05, 0) is 48.4 Å². The van der Waals surface area contributed by atoms with Gasteiger partial charge in [-0.1, -0.05) is 11.2 Å². The molecule has 0 unspecified atom stereocenters. The van der Waals surface area contributed by atoms with Crippen LogP contribution in [0.2, 0.25) is 0 Å². The lowest BCUT2D eigenvalue weighted by atomic mass is 10.2. The van der Waals surface area contributed by atoms with Crippen LogP contribution in [-0.4, -0.2) is 43.0 Å². The Hall–Kier alpha value is -3.34. The van der Waals surface area contributed by atoms with E-state index in [-0.39, 0.29) is 18.7 Å². The molecule has 1 fully saturated rings. The maximum atomic E-state index is 12.1. The van der Waals surface area contributed by atoms with Crippen LogP contribution in [0, 0.1) is 6.92 Å². The predicted molar refractivity (Wildman–Crippen MR) is 92.0 cm³/mol. The molecule has 1 atom stereocenters. The molecule has 0 spiro atoms. The molecular formula is C16H18N8O3. The number of amides is 2. The van der Waals surface area contributed by atoms with E-state index in [1.807, 2.05) is 6.07 Å². The number of hydrogen-bond acceptors (Lipinski definition) is 8. The van der Waals surface area contributed by atoms with Crippen LogP contribution in [0.25, 0.3) is 5.69 Å². The van der Waals surface area contributed by atoms with Gasteiger partial charge in [-0.2, -0.15) is 9.67 Å². The summed E-state index contributed by atoms with van der Waals surface area (Å²) in [6, 6.07) is 6.81. The Kier molecular flexibility index (Phi) is 4.75. The lowest BCUT2D eigenvalue weighted by Gasteiger charge is -2.08. The van der Waals surface area contributed by atoms with Crippen molar-refractivity contribution >= 4 is 11.7 Å². The number of aryl methyl sites for hydroxylation is 1. The quantitative estimate of drug-likeness (QED) is 0.691. The molecular weight excluding hydrogens is 352 g/mol. The zero-order valence-corrected chi connectivity index (χ0v) is 14.6. The SMILES string of the molecule is Cc1nnnn1-c1cccc(NC(=O)NCc2noc([C@@H]3CCCO3)n2)c1. The number of carbonyl (C=O) groups excluding carboxylic acids is 1. The Labute approximate surface area is 154 Å². The highest BCUT2D eigenvalue weighted by Crippen LogP contribution is 2.26. The Bertz CT molecular complexity index is 931. The number of anilines is 1. The molecule has 3 aromatic rings. The van der Waals surface area contributed by atoms with Crippen molar-refractivity contribution in [2.24, 2.45) is 0 Å². The molecule has 0 saturated carbocycles. The molecule has 1 aromatic carbocycles. The smallest absolute Gasteiger partial charge is 0.319 e. The van der Waals surface area contributed by atoms with Crippen LogP contribution in [0.3, 0.4) is 0 Å². The van der Waals surface area contributed by atoms with Crippen molar-refractivity contribution in [3.8, 4) is 5.69 Å². The standard InChI is InChI=1S/C16H18N8O3/c1-10-20-22-23-24(10)12-5-2-4-11(8-12)18-16(25)17-9-14-19-15(27-21-14)13-6-3-7-26-13/h2,4-5,8,13H,3,6-7,9H2,1H3,(H2,17,18,25)/t13-/m0/s1. The first-order chi connectivity index (χ1) is 13.2. The molecule has 27 heavy (non-hydrogen) atoms. The highest BCUT2D eigenvalue weighted by Gasteiger charge is 2.23. The monoisotopic (exact) mass is 370 g/mol. The maximum absolute atomic E-state index is 12.1. The zero-order valence-electron chi connectivity index (χ0n) is 14.6. The average molecular weight is 370 g/mol. The van der Waals surface area contributed by atoms with E-state index in [2.05, 4.69) is 36.3 Å². The molecule has 0 bridgehead atoms. The molecule has 4 rings (SSSR count). The summed E-state index contributed by atoms with van der Waals surface area (Å²) < 4.78 is 12.3. The summed E-state index contributed by atoms with van der Waals surface area (Å²) >= 11 is 0. The molecule has 1 saturated heterocycles. The van der Waals surface area contributed by atoms with E-state index in [9.17, 15) is 4.79 Å². The fourth-order valence-corrected chi connectivity index (χ4v) is 2.76. The normalized spacial score (nSPS) is 16.4. The van der Waals surface area contributed by atoms with Gasteiger partial charge in [0.1, 0.15) is 6.10 Å². The van der Waals surface area contributed by atoms with Gasteiger partial charge >= 0.3 is 6.03 Å². The maximum Gasteiger partial charge on any atom is 0.319 e. The first-order valence-electron chi connectivity index (χ1n) is 8.53. The minimum atomic E-state index is -0.385. The molecule has 2 aromatic heterocycles. The van der Waals surface area contributed by atoms with Crippen LogP contribution >= 0.6 is 0 Å². The second kappa shape index (κ2) is 7.50. The van der Waals surface area contributed by atoms with Crippen LogP contribution in [0.5, 0.6) is 0 Å². The summed E-state index contributed by atoms with van der Waals surface area (Å²) in [5.41, 5.74) is 1.35. The number of nitrogens with zero attached hydrogens (tertiary/aromatic N) is 6. The van der Waals surface area contributed by atoms with Crippen molar-refractivity contribution in [1.82, 2.24) is 35.7 Å². The number of hydrogen-bond donors (Lipinski definition) is 2. The van der Waals surface area contributed by atoms with Gasteiger partial charge in [0.25, 0.3) is 5.89 Å². The predicted octanol–water partition coefficient (Wildman–Crippen LogP) is 1.53. The van der Waals surface area contributed by atoms with E-state index in [1.165, 1.54) is 0 Å². The van der Waals surface area contributed by atoms with E-state index in [4.69, 9.17) is 9.26 Å². The molecule has 2 amide bonds. The highest BCUT2D eigenvalue weighted by molar-refractivity contribution is 5.89. The van der Waals surface area contributed by atoms with Crippen molar-refractivity contribution in [2.75, 3.05) is 11.9 Å². The Morgan fingerprint density at radius 1 is 1.41 bits per heavy atom. The number of tetrazole rings is 1. The molecule has 1 aliphatic rings. The molecule has 2 N–H and O–H groups in total. The van der Waals surface area contributed by atoms with Crippen LogP contribution in [-0.2, 0) is 11.3 Å². The number of rotatable bonds is 5. The van der Waals surface area contributed by atoms with Crippen LogP contribution in [0.1, 0.15) is 36.5 Å². The zero-order chi connectivity index (χ0) is 18.6. The number of carbonyl (C=O) groups is 1. The number of ether oxygens (including phenoxy) is 1. The Morgan fingerprint density at radius 3 is 3.11 bits per heavy atom. The summed E-state index contributed by atoms with van der Waals surface area (Å²) in [6.45, 7) is 2.64. The Balaban J connectivity index is 1.34. The molecule has 0 radical (unpaired) electrons. The molecule has 3 heterocycles. The third kappa shape index (κ3) is 3.92. The molecule has 11 heteroatoms. The van der Waals surface area contributed by atoms with Crippen LogP contribution in [0.4, 0.5) is 10.5 Å². The summed E-state index contributed by atoms with van der Waals surface area (Å²) in [7, 11) is 0. The van der Waals surface area contributed by atoms with Crippen molar-refractivity contribution in [2.45, 2.75) is 32.4 Å². The van der Waals surface area contributed by atoms with E-state index >= 15 is 0 Å². The fourth-order valence-electron chi connectivity index (χ4n) is 2.76. The van der Waals surface area contributed by atoms with Gasteiger partial charge in [0.2, 0.25) is 0 Å². The lowest BCUT2D eigenvalue weighted by Crippen LogP contribution is -2.28. The van der Waals surface area contributed by atoms with Crippen molar-refractivity contribution in [3.05, 3.63) is 41.8 Å². The number of urea groups is 1. The van der Waals surface area contributed by atoms with E-state index < -0.39 is 0 Å². The van der Waals surface area contributed by atoms with E-state index in [0.717, 1.165) is 18.5 Å². The van der Waals surface area contributed by atoms with Crippen molar-refractivity contribution in [3.63, 3.8) is 0 Å². The van der Waals surface area contributed by atoms with Gasteiger partial charge in [-0.3, -0.25) is 0 Å². The summed E-state index contributed by atoms with van der Waals surface area (Å²) in [4.78, 5) is 16.4. The summed E-state index contributed by atoms with van der Waals surface area (Å²) in [6.07, 6.45) is 1.71. The van der Waals surface area contributed by atoms with E-state index in [1.54, 1.807) is 29.8 Å². The first kappa shape index (κ1) is 17.1. The van der Waals surface area contributed by atoms with Crippen molar-refractivity contribution in [1.29, 1.82) is 0 Å². The molecule has 11 nitrogen and oxygen atoms in total. The first-order valence-corrected chi connectivity index (χ1v) is 8.53. The number of aromatic nitrogens is 6. The minimum Gasteiger partial charge on any atom is -0.368 e. The fraction of sp³-hybridized carbons (Fsp3) is 0.375. The lowest BCUT2D eigenvalue weighted by molar-refractivity contribution is 0.0835. The largest absolute Gasteiger partial charge is 0.368 e. The van der Waals surface area contributed by atoms with Gasteiger partial charge in [0.15, 0.2) is 11.6 Å². The second-order valence-electron chi connectivity index (χ2n) is 6.05. The molecule has 140 valence electrons. The third-order valence-electron chi connectivity index (χ3n) is 4.07. The van der Waals surface area contributed by atoms with Crippen LogP contribution in [0.15, 0.2) is 28.8 Å². The van der Waals surface area contributed by atoms with Gasteiger partial charge in [-0.15, -0.1) is 5.10 Å². The number of nitrogens with one attached hydrogen (secondary N) is 2. The average Bonchev–Trinajstić information content (AvgIpc) is 3.41. The molecule has 0 aliphatic carbocycles. The highest BCUT2D eigenvalue weighted by atomic mass is 16.5. The summed E-state index contributed by atoms with van der Waals surface area (Å²) in [5, 5.41) is 20.7. The summed E-state index contributed by atoms with van der Waals surface area (Å²) in [5.74, 6) is 1.50. The van der Waals surface area contributed by atoms with E-state index in [0.29, 0.717) is 29.8 Å². The van der Waals surface area contributed by atoms with Gasteiger partial charge in [-0.25, -0.2) is 4.79 Å². The van der Waals surface area contributed by atoms with Gasteiger partial charge in [0.05, 0.1) is 12.2 Å². The molecule has 1 aliphatic heterocycles.